The Morgan fingerprint density at radius 3 is 2.14 bits per heavy atom. The van der Waals surface area contributed by atoms with Crippen molar-refractivity contribution in [3.8, 4) is 0 Å². The highest BCUT2D eigenvalue weighted by atomic mass is 35.5. The Bertz CT molecular complexity index is 1160. The normalized spacial score (nSPS) is 28.5. The van der Waals surface area contributed by atoms with Gasteiger partial charge in [-0.25, -0.2) is 13.6 Å². The summed E-state index contributed by atoms with van der Waals surface area (Å²) in [7, 11) is 0. The summed E-state index contributed by atoms with van der Waals surface area (Å²) in [5, 5.41) is 11.7. The predicted molar refractivity (Wildman–Crippen MR) is 143 cm³/mol. The van der Waals surface area contributed by atoms with Crippen molar-refractivity contribution >= 4 is 24.0 Å². The zero-order chi connectivity index (χ0) is 26.4. The van der Waals surface area contributed by atoms with E-state index in [0.29, 0.717) is 37.4 Å². The van der Waals surface area contributed by atoms with Crippen LogP contribution in [0.1, 0.15) is 51.7 Å². The molecule has 1 amide bonds. The number of aliphatic hydroxyl groups is 1. The third kappa shape index (κ3) is 5.38. The number of carbonyl (C=O) groups is 1. The van der Waals surface area contributed by atoms with Crippen molar-refractivity contribution in [2.45, 2.75) is 51.7 Å². The van der Waals surface area contributed by atoms with E-state index in [1.54, 1.807) is 24.3 Å². The van der Waals surface area contributed by atoms with Crippen LogP contribution in [0, 0.1) is 36.0 Å². The Morgan fingerprint density at radius 1 is 1.03 bits per heavy atom. The molecule has 5 nitrogen and oxygen atoms in total. The number of piperidine rings is 1. The molecule has 0 radical (unpaired) electrons. The monoisotopic (exact) mass is 531 g/mol. The molecule has 0 bridgehead atoms. The predicted octanol–water partition coefficient (Wildman–Crippen LogP) is 5.75. The number of carbonyl (C=O) groups excluding carboxylic acids is 1. The van der Waals surface area contributed by atoms with Crippen LogP contribution in [0.5, 0.6) is 0 Å². The highest BCUT2D eigenvalue weighted by Crippen LogP contribution is 2.44. The molecule has 0 saturated carbocycles. The van der Waals surface area contributed by atoms with Gasteiger partial charge in [-0.15, -0.1) is 12.4 Å². The number of benzene rings is 2. The lowest BCUT2D eigenvalue weighted by atomic mass is 9.70. The van der Waals surface area contributed by atoms with Gasteiger partial charge in [0.2, 0.25) is 5.91 Å². The van der Waals surface area contributed by atoms with Gasteiger partial charge in [0.1, 0.15) is 11.6 Å². The molecule has 4 rings (SSSR count). The summed E-state index contributed by atoms with van der Waals surface area (Å²) in [5.74, 6) is -2.65. The van der Waals surface area contributed by atoms with E-state index < -0.39 is 23.2 Å². The second kappa shape index (κ2) is 10.7. The van der Waals surface area contributed by atoms with Crippen LogP contribution in [0.4, 0.5) is 14.5 Å². The first-order valence-electron chi connectivity index (χ1n) is 12.6. The standard InChI is InChI=1S/C29H35F2N3O2.ClH/c1-18-14-33(15-19(2)29(18,36)20-7-10-22(32-6)11-8-20)27(35)25-17-34(28(3,4)5)16-24(25)23-12-9-21(30)13-26(23)31;/h7-13,18-19,24-25,36H,14-17H2,1-5H3;1H/t18-,19+,24-,25+,29?;/m0./s1. The van der Waals surface area contributed by atoms with E-state index in [0.717, 1.165) is 11.6 Å². The number of halogens is 3. The van der Waals surface area contributed by atoms with E-state index in [2.05, 4.69) is 30.5 Å². The second-order valence-corrected chi connectivity index (χ2v) is 11.5. The van der Waals surface area contributed by atoms with E-state index in [1.807, 2.05) is 18.7 Å². The highest BCUT2D eigenvalue weighted by molar-refractivity contribution is 5.85. The van der Waals surface area contributed by atoms with Crippen LogP contribution in [0.25, 0.3) is 4.85 Å². The Balaban J connectivity index is 0.00000380. The topological polar surface area (TPSA) is 48.1 Å². The number of rotatable bonds is 3. The fourth-order valence-corrected chi connectivity index (χ4v) is 6.01. The first-order valence-corrected chi connectivity index (χ1v) is 12.6. The average molecular weight is 532 g/mol. The summed E-state index contributed by atoms with van der Waals surface area (Å²) in [6.07, 6.45) is 0. The van der Waals surface area contributed by atoms with Gasteiger partial charge >= 0.3 is 0 Å². The van der Waals surface area contributed by atoms with E-state index in [4.69, 9.17) is 6.57 Å². The van der Waals surface area contributed by atoms with Gasteiger partial charge in [0.25, 0.3) is 0 Å². The third-order valence-corrected chi connectivity index (χ3v) is 8.21. The van der Waals surface area contributed by atoms with Crippen LogP contribution in [0.3, 0.4) is 0 Å². The van der Waals surface area contributed by atoms with Crippen LogP contribution < -0.4 is 0 Å². The first-order chi connectivity index (χ1) is 16.9. The highest BCUT2D eigenvalue weighted by Gasteiger charge is 2.50. The van der Waals surface area contributed by atoms with Crippen molar-refractivity contribution in [2.24, 2.45) is 17.8 Å². The van der Waals surface area contributed by atoms with Crippen LogP contribution in [-0.2, 0) is 10.4 Å². The number of likely N-dealkylation sites (tertiary alicyclic amines) is 2. The molecule has 0 aromatic heterocycles. The molecule has 2 aromatic carbocycles. The quantitative estimate of drug-likeness (QED) is 0.513. The van der Waals surface area contributed by atoms with Gasteiger partial charge < -0.3 is 10.0 Å². The fourth-order valence-electron chi connectivity index (χ4n) is 6.01. The Hall–Kier alpha value is -2.53. The summed E-state index contributed by atoms with van der Waals surface area (Å²) >= 11 is 0. The largest absolute Gasteiger partial charge is 0.384 e. The number of amides is 1. The molecule has 1 unspecified atom stereocenters. The van der Waals surface area contributed by atoms with Crippen molar-refractivity contribution in [1.82, 2.24) is 9.80 Å². The molecule has 2 fully saturated rings. The van der Waals surface area contributed by atoms with Crippen LogP contribution in [0.15, 0.2) is 42.5 Å². The fraction of sp³-hybridized carbons (Fsp3) is 0.517. The maximum absolute atomic E-state index is 14.8. The number of hydrogen-bond donors (Lipinski definition) is 1. The number of nitrogens with zero attached hydrogens (tertiary/aromatic N) is 3. The maximum Gasteiger partial charge on any atom is 0.227 e. The van der Waals surface area contributed by atoms with Crippen molar-refractivity contribution in [3.05, 3.63) is 76.6 Å². The molecular formula is C29H36ClF2N3O2. The maximum atomic E-state index is 14.8. The second-order valence-electron chi connectivity index (χ2n) is 11.5. The molecule has 2 heterocycles. The third-order valence-electron chi connectivity index (χ3n) is 8.21. The van der Waals surface area contributed by atoms with E-state index in [-0.39, 0.29) is 41.6 Å². The Kier molecular flexibility index (Phi) is 8.38. The lowest BCUT2D eigenvalue weighted by Gasteiger charge is -2.48. The van der Waals surface area contributed by atoms with Gasteiger partial charge in [-0.3, -0.25) is 9.69 Å². The van der Waals surface area contributed by atoms with Gasteiger partial charge in [-0.2, -0.15) is 0 Å². The molecule has 2 aliphatic rings. The smallest absolute Gasteiger partial charge is 0.227 e. The zero-order valence-corrected chi connectivity index (χ0v) is 22.9. The molecule has 8 heteroatoms. The lowest BCUT2D eigenvalue weighted by Crippen LogP contribution is -2.57. The van der Waals surface area contributed by atoms with Crippen molar-refractivity contribution in [2.75, 3.05) is 26.2 Å². The molecule has 2 aliphatic heterocycles. The Morgan fingerprint density at radius 2 is 1.62 bits per heavy atom. The van der Waals surface area contributed by atoms with Gasteiger partial charge in [0, 0.05) is 55.5 Å². The van der Waals surface area contributed by atoms with Crippen LogP contribution in [0.2, 0.25) is 0 Å². The van der Waals surface area contributed by atoms with Crippen LogP contribution in [-0.4, -0.2) is 52.5 Å². The van der Waals surface area contributed by atoms with Gasteiger partial charge in [-0.1, -0.05) is 44.2 Å². The van der Waals surface area contributed by atoms with Crippen molar-refractivity contribution in [3.63, 3.8) is 0 Å². The molecule has 2 aromatic rings. The summed E-state index contributed by atoms with van der Waals surface area (Å²) in [6, 6.07) is 10.6. The summed E-state index contributed by atoms with van der Waals surface area (Å²) in [4.78, 5) is 21.4. The minimum atomic E-state index is -1.13. The van der Waals surface area contributed by atoms with E-state index in [9.17, 15) is 18.7 Å². The van der Waals surface area contributed by atoms with E-state index in [1.165, 1.54) is 12.1 Å². The Labute approximate surface area is 224 Å². The minimum absolute atomic E-state index is 0. The van der Waals surface area contributed by atoms with E-state index >= 15 is 0 Å². The summed E-state index contributed by atoms with van der Waals surface area (Å²) in [5.41, 5.74) is 0.291. The van der Waals surface area contributed by atoms with Crippen molar-refractivity contribution < 1.29 is 18.7 Å². The zero-order valence-electron chi connectivity index (χ0n) is 22.0. The molecule has 37 heavy (non-hydrogen) atoms. The summed E-state index contributed by atoms with van der Waals surface area (Å²) < 4.78 is 28.5. The minimum Gasteiger partial charge on any atom is -0.384 e. The average Bonchev–Trinajstić information content (AvgIpc) is 3.27. The lowest BCUT2D eigenvalue weighted by molar-refractivity contribution is -0.152. The molecule has 0 spiro atoms. The molecule has 2 saturated heterocycles. The van der Waals surface area contributed by atoms with Gasteiger partial charge in [0.05, 0.1) is 18.1 Å². The van der Waals surface area contributed by atoms with Crippen LogP contribution >= 0.6 is 12.4 Å². The summed E-state index contributed by atoms with van der Waals surface area (Å²) in [6.45, 7) is 19.0. The van der Waals surface area contributed by atoms with Crippen molar-refractivity contribution in [1.29, 1.82) is 0 Å². The molecule has 1 N–H and O–H groups in total. The SMILES string of the molecule is Cl.[C-]#[N+]c1ccc(C2(O)[C@H](C)CN(C(=O)[C@@H]3CN(C(C)(C)C)C[C@H]3c3ccc(F)cc3F)C[C@@H]2C)cc1. The number of hydrogen-bond acceptors (Lipinski definition) is 3. The molecule has 5 atom stereocenters. The first kappa shape index (κ1) is 29.0. The molecule has 200 valence electrons. The molecular weight excluding hydrogens is 496 g/mol. The van der Waals surface area contributed by atoms with Gasteiger partial charge in [0.15, 0.2) is 5.69 Å². The van der Waals surface area contributed by atoms with Gasteiger partial charge in [-0.05, 0) is 38.0 Å². The molecule has 0 aliphatic carbocycles.